The number of imidazole rings is 2. The van der Waals surface area contributed by atoms with Gasteiger partial charge in [0, 0.05) is 25.9 Å². The Labute approximate surface area is 388 Å². The van der Waals surface area contributed by atoms with Gasteiger partial charge in [-0.15, -0.1) is 0 Å². The molecule has 2 aliphatic rings. The molecule has 6 atom stereocenters. The van der Waals surface area contributed by atoms with Gasteiger partial charge in [0.05, 0.1) is 38.1 Å². The van der Waals surface area contributed by atoms with Crippen LogP contribution in [0.3, 0.4) is 0 Å². The minimum atomic E-state index is -0.788. The van der Waals surface area contributed by atoms with Crippen LogP contribution < -0.4 is 11.1 Å². The number of aliphatic hydroxyl groups excluding tert-OH is 4. The molecular weight excluding hydrogens is 841 g/mol. The Morgan fingerprint density at radius 1 is 0.606 bits per heavy atom. The van der Waals surface area contributed by atoms with Gasteiger partial charge in [-0.3, -0.25) is 27.9 Å². The molecule has 16 heteroatoms. The fourth-order valence-corrected chi connectivity index (χ4v) is 8.98. The lowest BCUT2D eigenvalue weighted by molar-refractivity contribution is -0.0432. The number of aromatic nitrogens is 8. The van der Waals surface area contributed by atoms with Gasteiger partial charge in [0.1, 0.15) is 37.3 Å². The van der Waals surface area contributed by atoms with Crippen LogP contribution in [-0.2, 0) is 22.6 Å². The zero-order valence-corrected chi connectivity index (χ0v) is 40.4. The van der Waals surface area contributed by atoms with E-state index in [1.54, 1.807) is 18.3 Å². The van der Waals surface area contributed by atoms with Gasteiger partial charge in [-0.2, -0.15) is 0 Å². The zero-order valence-electron chi connectivity index (χ0n) is 40.4. The van der Waals surface area contributed by atoms with E-state index in [1.165, 1.54) is 60.4 Å². The third kappa shape index (κ3) is 12.3. The first-order valence-electron chi connectivity index (χ1n) is 23.8. The molecular formula is C50H74N8O8. The molecule has 0 bridgehead atoms. The second kappa shape index (κ2) is 22.5. The summed E-state index contributed by atoms with van der Waals surface area (Å²) in [5.41, 5.74) is 6.52. The molecule has 2 fully saturated rings. The van der Waals surface area contributed by atoms with Gasteiger partial charge in [-0.25, -0.2) is 19.9 Å². The van der Waals surface area contributed by atoms with Crippen molar-refractivity contribution in [3.05, 3.63) is 92.6 Å². The number of fused-ring (bicyclic) bond motifs is 2. The van der Waals surface area contributed by atoms with Crippen molar-refractivity contribution in [2.75, 3.05) is 13.2 Å². The van der Waals surface area contributed by atoms with Crippen molar-refractivity contribution in [3.63, 3.8) is 0 Å². The largest absolute Gasteiger partial charge is 0.394 e. The van der Waals surface area contributed by atoms with Crippen LogP contribution in [0.25, 0.3) is 22.3 Å². The lowest BCUT2D eigenvalue weighted by Crippen LogP contribution is -2.32. The summed E-state index contributed by atoms with van der Waals surface area (Å²) in [6.07, 6.45) is 22.1. The molecule has 6 rings (SSSR count). The topological polar surface area (TPSA) is 205 Å². The van der Waals surface area contributed by atoms with Crippen molar-refractivity contribution in [2.24, 2.45) is 10.8 Å². The van der Waals surface area contributed by atoms with Crippen molar-refractivity contribution in [1.82, 2.24) is 38.2 Å². The number of allylic oxidation sites excluding steroid dienone is 8. The van der Waals surface area contributed by atoms with Crippen LogP contribution >= 0.6 is 0 Å². The number of hydrogen-bond donors (Lipinski definition) is 4. The van der Waals surface area contributed by atoms with Crippen LogP contribution in [0.1, 0.15) is 145 Å². The van der Waals surface area contributed by atoms with Crippen molar-refractivity contribution >= 4 is 22.3 Å². The second-order valence-electron chi connectivity index (χ2n) is 20.0. The molecule has 6 heterocycles. The normalized spacial score (nSPS) is 22.7. The van der Waals surface area contributed by atoms with Crippen molar-refractivity contribution < 1.29 is 29.9 Å². The van der Waals surface area contributed by atoms with E-state index in [4.69, 9.17) is 9.47 Å². The molecule has 362 valence electrons. The Hall–Kier alpha value is -4.58. The summed E-state index contributed by atoms with van der Waals surface area (Å²) >= 11 is 0. The Bertz CT molecular complexity index is 2340. The fourth-order valence-electron chi connectivity index (χ4n) is 8.98. The molecule has 4 aromatic rings. The molecule has 2 saturated heterocycles. The van der Waals surface area contributed by atoms with E-state index in [-0.39, 0.29) is 46.2 Å². The van der Waals surface area contributed by atoms with Crippen molar-refractivity contribution in [3.8, 4) is 0 Å². The highest BCUT2D eigenvalue weighted by molar-refractivity contribution is 5.69. The van der Waals surface area contributed by atoms with E-state index < -0.39 is 36.9 Å². The molecule has 0 saturated carbocycles. The Morgan fingerprint density at radius 2 is 0.985 bits per heavy atom. The van der Waals surface area contributed by atoms with Crippen molar-refractivity contribution in [2.45, 2.75) is 182 Å². The standard InChI is InChI=1S/C50H74N8O8/c1-33(13-9-15-35(3)19-23-55-29-53-45-43(47(55)63)51-31-57(45)41-25-37(61)39(27-59)65-41)17-11-21-49(5,6)50(7,8)22-12-18-34(2)14-10-16-36(4)20-24-56-30-54-46-44(48(56)64)52-32-58(46)42-26-38(62)40(28-60)66-42/h13-14,19-20,29-32,37-42,59-62H,9-12,15-18,21-28H2,1-8H3/b33-13+,34-14+,35-19+,36-20+/t37-,38-,39?,40?,41-,42-/m1/s1. The van der Waals surface area contributed by atoms with Crippen LogP contribution in [0.5, 0.6) is 0 Å². The first-order chi connectivity index (χ1) is 31.4. The molecule has 0 aliphatic carbocycles. The molecule has 4 N–H and O–H groups in total. The van der Waals surface area contributed by atoms with E-state index >= 15 is 0 Å². The summed E-state index contributed by atoms with van der Waals surface area (Å²) in [6, 6.07) is 0. The van der Waals surface area contributed by atoms with Crippen LogP contribution in [-0.4, -0.2) is 96.3 Å². The number of aliphatic hydroxyl groups is 4. The van der Waals surface area contributed by atoms with Crippen LogP contribution in [0.15, 0.2) is 81.5 Å². The summed E-state index contributed by atoms with van der Waals surface area (Å²) in [7, 11) is 0. The minimum Gasteiger partial charge on any atom is -0.394 e. The molecule has 66 heavy (non-hydrogen) atoms. The van der Waals surface area contributed by atoms with Gasteiger partial charge >= 0.3 is 0 Å². The Kier molecular flexibility index (Phi) is 17.3. The SMILES string of the molecule is C/C(=C\Cn1cnc2c(ncn2[C@H]2C[C@@H](O)C(CO)O2)c1=O)CC/C=C(\C)CCCC(C)(C)C(C)(C)CCC/C(C)=C/CC/C(C)=C/Cn1cnc2c(ncn2[C@H]2C[C@@H](O)C(CO)O2)c1=O. The molecule has 0 amide bonds. The molecule has 4 aromatic heterocycles. The van der Waals surface area contributed by atoms with Gasteiger partial charge in [0.15, 0.2) is 22.3 Å². The maximum atomic E-state index is 13.2. The average molecular weight is 915 g/mol. The average Bonchev–Trinajstić information content (AvgIpc) is 4.08. The third-order valence-corrected chi connectivity index (χ3v) is 14.4. The van der Waals surface area contributed by atoms with E-state index in [0.29, 0.717) is 37.2 Å². The van der Waals surface area contributed by atoms with E-state index in [0.717, 1.165) is 51.4 Å². The molecule has 2 unspecified atom stereocenters. The minimum absolute atomic E-state index is 0.204. The maximum absolute atomic E-state index is 13.2. The highest BCUT2D eigenvalue weighted by atomic mass is 16.5. The van der Waals surface area contributed by atoms with Gasteiger partial charge in [0.2, 0.25) is 0 Å². The van der Waals surface area contributed by atoms with Gasteiger partial charge < -0.3 is 29.9 Å². The second-order valence-corrected chi connectivity index (χ2v) is 20.0. The lowest BCUT2D eigenvalue weighted by Gasteiger charge is -2.42. The first kappa shape index (κ1) is 50.8. The molecule has 0 aromatic carbocycles. The van der Waals surface area contributed by atoms with Gasteiger partial charge in [-0.05, 0) is 103 Å². The highest BCUT2D eigenvalue weighted by Crippen LogP contribution is 2.46. The monoisotopic (exact) mass is 915 g/mol. The number of rotatable bonds is 23. The van der Waals surface area contributed by atoms with E-state index in [2.05, 4.69) is 99.6 Å². The van der Waals surface area contributed by atoms with E-state index in [9.17, 15) is 30.0 Å². The van der Waals surface area contributed by atoms with Gasteiger partial charge in [-0.1, -0.05) is 74.3 Å². The van der Waals surface area contributed by atoms with Crippen LogP contribution in [0.2, 0.25) is 0 Å². The molecule has 0 spiro atoms. The lowest BCUT2D eigenvalue weighted by atomic mass is 9.63. The third-order valence-electron chi connectivity index (χ3n) is 14.4. The summed E-state index contributed by atoms with van der Waals surface area (Å²) in [5.74, 6) is 0. The zero-order chi connectivity index (χ0) is 47.8. The van der Waals surface area contributed by atoms with Crippen LogP contribution in [0.4, 0.5) is 0 Å². The van der Waals surface area contributed by atoms with E-state index in [1.807, 2.05) is 0 Å². The predicted octanol–water partition coefficient (Wildman–Crippen LogP) is 7.22. The predicted molar refractivity (Wildman–Crippen MR) is 256 cm³/mol. The molecule has 0 radical (unpaired) electrons. The Balaban J connectivity index is 0.872. The van der Waals surface area contributed by atoms with Crippen LogP contribution in [0, 0.1) is 10.8 Å². The quantitative estimate of drug-likeness (QED) is 0.0545. The summed E-state index contributed by atoms with van der Waals surface area (Å²) in [4.78, 5) is 44.0. The summed E-state index contributed by atoms with van der Waals surface area (Å²) in [5, 5.41) is 39.1. The molecule has 16 nitrogen and oxygen atoms in total. The summed E-state index contributed by atoms with van der Waals surface area (Å²) < 4.78 is 17.9. The maximum Gasteiger partial charge on any atom is 0.281 e. The van der Waals surface area contributed by atoms with Crippen molar-refractivity contribution in [1.29, 1.82) is 0 Å². The fraction of sp³-hybridized carbons (Fsp3) is 0.640. The Morgan fingerprint density at radius 3 is 1.35 bits per heavy atom. The smallest absolute Gasteiger partial charge is 0.281 e. The number of hydrogen-bond acceptors (Lipinski definition) is 12. The highest BCUT2D eigenvalue weighted by Gasteiger charge is 2.37. The number of nitrogens with zero attached hydrogens (tertiary/aromatic N) is 8. The first-order valence-corrected chi connectivity index (χ1v) is 23.8. The molecule has 2 aliphatic heterocycles. The number of ether oxygens (including phenoxy) is 2. The van der Waals surface area contributed by atoms with Gasteiger partial charge in [0.25, 0.3) is 11.1 Å². The summed E-state index contributed by atoms with van der Waals surface area (Å²) in [6.45, 7) is 18.6.